The maximum absolute atomic E-state index is 11.7. The van der Waals surface area contributed by atoms with Crippen LogP contribution in [0.4, 0.5) is 13.2 Å². The largest absolute Gasteiger partial charge is 0.523 e. The summed E-state index contributed by atoms with van der Waals surface area (Å²) in [4.78, 5) is 0. The SMILES string of the molecule is CCC(COS(=O)(=O)C(F)(F)F)OC. The second-order valence-corrected chi connectivity index (χ2v) is 4.06. The van der Waals surface area contributed by atoms with E-state index in [1.807, 2.05) is 0 Å². The van der Waals surface area contributed by atoms with E-state index in [4.69, 9.17) is 0 Å². The van der Waals surface area contributed by atoms with E-state index in [-0.39, 0.29) is 0 Å². The van der Waals surface area contributed by atoms with Crippen LogP contribution in [0, 0.1) is 0 Å². The number of methoxy groups -OCH3 is 1. The topological polar surface area (TPSA) is 52.6 Å². The number of hydrogen-bond acceptors (Lipinski definition) is 4. The van der Waals surface area contributed by atoms with E-state index in [2.05, 4.69) is 8.92 Å². The van der Waals surface area contributed by atoms with Gasteiger partial charge in [-0.05, 0) is 6.42 Å². The van der Waals surface area contributed by atoms with Crippen LogP contribution in [0.15, 0.2) is 0 Å². The van der Waals surface area contributed by atoms with Crippen LogP contribution in [-0.2, 0) is 19.0 Å². The average molecular weight is 236 g/mol. The molecule has 4 nitrogen and oxygen atoms in total. The fourth-order valence-electron chi connectivity index (χ4n) is 0.585. The summed E-state index contributed by atoms with van der Waals surface area (Å²) in [6.45, 7) is 1.01. The Kier molecular flexibility index (Phi) is 4.82. The van der Waals surface area contributed by atoms with Crippen LogP contribution in [0.5, 0.6) is 0 Å². The molecule has 1 atom stereocenters. The first-order valence-corrected chi connectivity index (χ1v) is 5.14. The molecule has 0 aromatic carbocycles. The van der Waals surface area contributed by atoms with Gasteiger partial charge in [0.25, 0.3) is 0 Å². The van der Waals surface area contributed by atoms with Crippen LogP contribution in [0.3, 0.4) is 0 Å². The van der Waals surface area contributed by atoms with Gasteiger partial charge in [0.2, 0.25) is 0 Å². The molecule has 0 rings (SSSR count). The third-order valence-electron chi connectivity index (χ3n) is 1.48. The van der Waals surface area contributed by atoms with E-state index in [0.29, 0.717) is 6.42 Å². The highest BCUT2D eigenvalue weighted by atomic mass is 32.2. The number of alkyl halides is 3. The van der Waals surface area contributed by atoms with Crippen molar-refractivity contribution < 1.29 is 30.5 Å². The van der Waals surface area contributed by atoms with Crippen LogP contribution in [-0.4, -0.2) is 33.7 Å². The van der Waals surface area contributed by atoms with Crippen molar-refractivity contribution in [2.75, 3.05) is 13.7 Å². The Morgan fingerprint density at radius 1 is 1.36 bits per heavy atom. The van der Waals surface area contributed by atoms with Crippen LogP contribution in [0.25, 0.3) is 0 Å². The molecule has 0 aromatic rings. The molecule has 14 heavy (non-hydrogen) atoms. The van der Waals surface area contributed by atoms with Crippen LogP contribution in [0.2, 0.25) is 0 Å². The first kappa shape index (κ1) is 13.7. The quantitative estimate of drug-likeness (QED) is 0.533. The molecule has 0 aliphatic carbocycles. The predicted octanol–water partition coefficient (Wildman–Crippen LogP) is 1.28. The van der Waals surface area contributed by atoms with Crippen molar-refractivity contribution in [2.45, 2.75) is 25.0 Å². The first-order chi connectivity index (χ1) is 6.24. The summed E-state index contributed by atoms with van der Waals surface area (Å²) in [5.74, 6) is 0. The Labute approximate surface area is 80.1 Å². The second-order valence-electron chi connectivity index (χ2n) is 2.45. The fraction of sp³-hybridized carbons (Fsp3) is 1.00. The summed E-state index contributed by atoms with van der Waals surface area (Å²) in [6.07, 6.45) is -0.295. The molecule has 0 spiro atoms. The van der Waals surface area contributed by atoms with Gasteiger partial charge < -0.3 is 4.74 Å². The van der Waals surface area contributed by atoms with E-state index in [1.54, 1.807) is 6.92 Å². The van der Waals surface area contributed by atoms with Crippen molar-refractivity contribution in [3.8, 4) is 0 Å². The minimum atomic E-state index is -5.49. The highest BCUT2D eigenvalue weighted by molar-refractivity contribution is 7.87. The van der Waals surface area contributed by atoms with Crippen molar-refractivity contribution in [2.24, 2.45) is 0 Å². The third kappa shape index (κ3) is 3.81. The minimum absolute atomic E-state index is 0.365. The molecule has 0 radical (unpaired) electrons. The minimum Gasteiger partial charge on any atom is -0.379 e. The molecule has 0 saturated carbocycles. The lowest BCUT2D eigenvalue weighted by Gasteiger charge is -2.13. The van der Waals surface area contributed by atoms with E-state index in [0.717, 1.165) is 0 Å². The Hall–Kier alpha value is -0.340. The van der Waals surface area contributed by atoms with Gasteiger partial charge in [0.15, 0.2) is 0 Å². The van der Waals surface area contributed by atoms with Crippen molar-refractivity contribution in [3.05, 3.63) is 0 Å². The highest BCUT2D eigenvalue weighted by Gasteiger charge is 2.47. The van der Waals surface area contributed by atoms with E-state index in [1.165, 1.54) is 7.11 Å². The molecular weight excluding hydrogens is 225 g/mol. The number of rotatable bonds is 5. The van der Waals surface area contributed by atoms with Gasteiger partial charge in [-0.1, -0.05) is 6.92 Å². The van der Waals surface area contributed by atoms with Crippen molar-refractivity contribution in [3.63, 3.8) is 0 Å². The molecule has 86 valence electrons. The molecule has 0 N–H and O–H groups in total. The summed E-state index contributed by atoms with van der Waals surface area (Å²) >= 11 is 0. The molecular formula is C6H11F3O4S. The smallest absolute Gasteiger partial charge is 0.379 e. The lowest BCUT2D eigenvalue weighted by Crippen LogP contribution is -2.29. The Bertz CT molecular complexity index is 255. The molecule has 0 aliphatic heterocycles. The number of halogens is 3. The van der Waals surface area contributed by atoms with Crippen molar-refractivity contribution in [1.82, 2.24) is 0 Å². The standard InChI is InChI=1S/C6H11F3O4S/c1-3-5(12-2)4-13-14(10,11)6(7,8)9/h5H,3-4H2,1-2H3. The lowest BCUT2D eigenvalue weighted by molar-refractivity contribution is -0.0574. The molecule has 8 heteroatoms. The monoisotopic (exact) mass is 236 g/mol. The van der Waals surface area contributed by atoms with Gasteiger partial charge in [-0.3, -0.25) is 4.18 Å². The number of hydrogen-bond donors (Lipinski definition) is 0. The normalized spacial score (nSPS) is 15.5. The van der Waals surface area contributed by atoms with E-state index >= 15 is 0 Å². The lowest BCUT2D eigenvalue weighted by atomic mass is 10.3. The molecule has 0 heterocycles. The molecule has 0 aromatic heterocycles. The summed E-state index contributed by atoms with van der Waals surface area (Å²) in [5, 5.41) is 0. The maximum Gasteiger partial charge on any atom is 0.523 e. The van der Waals surface area contributed by atoms with Crippen LogP contribution < -0.4 is 0 Å². The van der Waals surface area contributed by atoms with Crippen LogP contribution >= 0.6 is 0 Å². The molecule has 0 amide bonds. The number of ether oxygens (including phenoxy) is 1. The van der Waals surface area contributed by atoms with Gasteiger partial charge >= 0.3 is 15.6 Å². The highest BCUT2D eigenvalue weighted by Crippen LogP contribution is 2.24. The maximum atomic E-state index is 11.7. The van der Waals surface area contributed by atoms with Crippen LogP contribution in [0.1, 0.15) is 13.3 Å². The van der Waals surface area contributed by atoms with Gasteiger partial charge in [-0.15, -0.1) is 0 Å². The zero-order chi connectivity index (χ0) is 11.4. The van der Waals surface area contributed by atoms with Gasteiger partial charge in [-0.2, -0.15) is 21.6 Å². The third-order valence-corrected chi connectivity index (χ3v) is 2.49. The fourth-order valence-corrected chi connectivity index (χ4v) is 1.05. The van der Waals surface area contributed by atoms with E-state index in [9.17, 15) is 21.6 Å². The van der Waals surface area contributed by atoms with Gasteiger partial charge in [0, 0.05) is 7.11 Å². The van der Waals surface area contributed by atoms with Gasteiger partial charge in [-0.25, -0.2) is 0 Å². The Morgan fingerprint density at radius 2 is 1.86 bits per heavy atom. The predicted molar refractivity (Wildman–Crippen MR) is 42.0 cm³/mol. The second kappa shape index (κ2) is 4.94. The summed E-state index contributed by atoms with van der Waals surface area (Å²) < 4.78 is 64.4. The Morgan fingerprint density at radius 3 is 2.14 bits per heavy atom. The van der Waals surface area contributed by atoms with Gasteiger partial charge in [0.05, 0.1) is 12.7 Å². The van der Waals surface area contributed by atoms with Crippen molar-refractivity contribution >= 4 is 10.1 Å². The zero-order valence-corrected chi connectivity index (χ0v) is 8.48. The molecule has 0 saturated heterocycles. The summed E-state index contributed by atoms with van der Waals surface area (Å²) in [5.41, 5.74) is -5.38. The molecule has 0 fully saturated rings. The average Bonchev–Trinajstić information content (AvgIpc) is 2.04. The molecule has 1 unspecified atom stereocenters. The van der Waals surface area contributed by atoms with Crippen molar-refractivity contribution in [1.29, 1.82) is 0 Å². The molecule has 0 bridgehead atoms. The van der Waals surface area contributed by atoms with Gasteiger partial charge in [0.1, 0.15) is 0 Å². The summed E-state index contributed by atoms with van der Waals surface area (Å²) in [6, 6.07) is 0. The first-order valence-electron chi connectivity index (χ1n) is 3.73. The van der Waals surface area contributed by atoms with E-state index < -0.39 is 28.3 Å². The summed E-state index contributed by atoms with van der Waals surface area (Å²) in [7, 11) is -4.23. The zero-order valence-electron chi connectivity index (χ0n) is 7.67. The Balaban J connectivity index is 4.27. The molecule has 0 aliphatic rings.